The quantitative estimate of drug-likeness (QED) is 0.576. The second-order valence-electron chi connectivity index (χ2n) is 5.00. The number of rotatable bonds is 8. The third-order valence-corrected chi connectivity index (χ3v) is 3.82. The Morgan fingerprint density at radius 3 is 2.96 bits per heavy atom. The van der Waals surface area contributed by atoms with Gasteiger partial charge in [0.05, 0.1) is 13.2 Å². The van der Waals surface area contributed by atoms with E-state index in [1.165, 1.54) is 5.56 Å². The SMILES string of the molecule is CCCOc1ncccc1CNC(=NCc1ccsc1)NCC. The Hall–Kier alpha value is -2.08. The minimum atomic E-state index is 0.627. The van der Waals surface area contributed by atoms with Crippen molar-refractivity contribution in [2.24, 2.45) is 4.99 Å². The van der Waals surface area contributed by atoms with E-state index in [2.05, 4.69) is 51.3 Å². The largest absolute Gasteiger partial charge is 0.477 e. The minimum Gasteiger partial charge on any atom is -0.477 e. The van der Waals surface area contributed by atoms with E-state index < -0.39 is 0 Å². The average Bonchev–Trinajstić information content (AvgIpc) is 3.09. The van der Waals surface area contributed by atoms with Crippen molar-refractivity contribution in [2.75, 3.05) is 13.2 Å². The molecule has 0 spiro atoms. The Labute approximate surface area is 141 Å². The molecule has 2 N–H and O–H groups in total. The molecule has 0 saturated carbocycles. The van der Waals surface area contributed by atoms with Crippen LogP contribution in [0.4, 0.5) is 0 Å². The van der Waals surface area contributed by atoms with Gasteiger partial charge in [0.2, 0.25) is 5.88 Å². The van der Waals surface area contributed by atoms with Crippen molar-refractivity contribution in [1.29, 1.82) is 0 Å². The standard InChI is InChI=1S/C17H24N4OS/c1-3-9-22-16-15(6-5-8-19-16)12-21-17(18-4-2)20-11-14-7-10-23-13-14/h5-8,10,13H,3-4,9,11-12H2,1-2H3,(H2,18,20,21). The van der Waals surface area contributed by atoms with E-state index in [-0.39, 0.29) is 0 Å². The van der Waals surface area contributed by atoms with Gasteiger partial charge in [-0.1, -0.05) is 13.0 Å². The Morgan fingerprint density at radius 1 is 1.30 bits per heavy atom. The first-order valence-electron chi connectivity index (χ1n) is 7.93. The molecule has 0 aliphatic carbocycles. The van der Waals surface area contributed by atoms with E-state index in [1.54, 1.807) is 17.5 Å². The molecule has 23 heavy (non-hydrogen) atoms. The number of guanidine groups is 1. The molecule has 2 rings (SSSR count). The van der Waals surface area contributed by atoms with Gasteiger partial charge in [0.1, 0.15) is 0 Å². The van der Waals surface area contributed by atoms with E-state index in [4.69, 9.17) is 4.74 Å². The molecule has 0 amide bonds. The molecule has 2 heterocycles. The fourth-order valence-corrected chi connectivity index (χ4v) is 2.62. The smallest absolute Gasteiger partial charge is 0.218 e. The second kappa shape index (κ2) is 9.84. The van der Waals surface area contributed by atoms with Crippen LogP contribution in [-0.4, -0.2) is 24.1 Å². The van der Waals surface area contributed by atoms with Gasteiger partial charge >= 0.3 is 0 Å². The molecule has 0 aliphatic rings. The highest BCUT2D eigenvalue weighted by Gasteiger charge is 2.05. The third-order valence-electron chi connectivity index (χ3n) is 3.08. The molecule has 5 nitrogen and oxygen atoms in total. The maximum Gasteiger partial charge on any atom is 0.218 e. The number of hydrogen-bond acceptors (Lipinski definition) is 4. The number of aliphatic imine (C=N–C) groups is 1. The van der Waals surface area contributed by atoms with Crippen LogP contribution in [-0.2, 0) is 13.1 Å². The predicted molar refractivity (Wildman–Crippen MR) is 96.0 cm³/mol. The maximum absolute atomic E-state index is 5.69. The predicted octanol–water partition coefficient (Wildman–Crippen LogP) is 3.19. The molecular weight excluding hydrogens is 308 g/mol. The van der Waals surface area contributed by atoms with Gasteiger partial charge < -0.3 is 15.4 Å². The zero-order valence-electron chi connectivity index (χ0n) is 13.7. The number of nitrogens with one attached hydrogen (secondary N) is 2. The number of hydrogen-bond donors (Lipinski definition) is 2. The Morgan fingerprint density at radius 2 is 2.22 bits per heavy atom. The molecule has 0 unspecified atom stereocenters. The Bertz CT molecular complexity index is 598. The van der Waals surface area contributed by atoms with E-state index in [9.17, 15) is 0 Å². The molecule has 2 aromatic heterocycles. The highest BCUT2D eigenvalue weighted by molar-refractivity contribution is 7.07. The monoisotopic (exact) mass is 332 g/mol. The number of nitrogens with zero attached hydrogens (tertiary/aromatic N) is 2. The third kappa shape index (κ3) is 5.90. The normalized spacial score (nSPS) is 11.3. The van der Waals surface area contributed by atoms with Crippen molar-refractivity contribution < 1.29 is 4.74 Å². The summed E-state index contributed by atoms with van der Waals surface area (Å²) in [6, 6.07) is 6.04. The van der Waals surface area contributed by atoms with E-state index in [1.807, 2.05) is 12.1 Å². The fraction of sp³-hybridized carbons (Fsp3) is 0.412. The van der Waals surface area contributed by atoms with Gasteiger partial charge in [-0.05, 0) is 41.8 Å². The first-order chi connectivity index (χ1) is 11.3. The molecule has 2 aromatic rings. The van der Waals surface area contributed by atoms with E-state index >= 15 is 0 Å². The van der Waals surface area contributed by atoms with Crippen molar-refractivity contribution in [3.05, 3.63) is 46.3 Å². The molecule has 0 aromatic carbocycles. The number of pyridine rings is 1. The lowest BCUT2D eigenvalue weighted by Gasteiger charge is -2.13. The van der Waals surface area contributed by atoms with Gasteiger partial charge in [-0.15, -0.1) is 0 Å². The van der Waals surface area contributed by atoms with Crippen molar-refractivity contribution in [3.8, 4) is 5.88 Å². The van der Waals surface area contributed by atoms with Crippen LogP contribution in [0.25, 0.3) is 0 Å². The molecule has 0 atom stereocenters. The van der Waals surface area contributed by atoms with Crippen LogP contribution in [0.5, 0.6) is 5.88 Å². The van der Waals surface area contributed by atoms with Crippen LogP contribution < -0.4 is 15.4 Å². The highest BCUT2D eigenvalue weighted by Crippen LogP contribution is 2.14. The molecular formula is C17H24N4OS. The fourth-order valence-electron chi connectivity index (χ4n) is 1.96. The molecule has 0 bridgehead atoms. The van der Waals surface area contributed by atoms with Crippen LogP contribution in [0.1, 0.15) is 31.4 Å². The van der Waals surface area contributed by atoms with Gasteiger partial charge in [-0.25, -0.2) is 9.98 Å². The van der Waals surface area contributed by atoms with Crippen LogP contribution in [0.2, 0.25) is 0 Å². The lowest BCUT2D eigenvalue weighted by Crippen LogP contribution is -2.36. The summed E-state index contributed by atoms with van der Waals surface area (Å²) in [6.45, 7) is 6.94. The number of aromatic nitrogens is 1. The van der Waals surface area contributed by atoms with Crippen molar-refractivity contribution >= 4 is 17.3 Å². The summed E-state index contributed by atoms with van der Waals surface area (Å²) in [5.74, 6) is 1.49. The molecule has 0 fully saturated rings. The first kappa shape index (κ1) is 17.3. The lowest BCUT2D eigenvalue weighted by atomic mass is 10.2. The first-order valence-corrected chi connectivity index (χ1v) is 8.87. The zero-order chi connectivity index (χ0) is 16.3. The molecule has 0 radical (unpaired) electrons. The van der Waals surface area contributed by atoms with E-state index in [0.29, 0.717) is 25.6 Å². The molecule has 124 valence electrons. The average molecular weight is 332 g/mol. The van der Waals surface area contributed by atoms with Crippen LogP contribution in [0.15, 0.2) is 40.1 Å². The highest BCUT2D eigenvalue weighted by atomic mass is 32.1. The van der Waals surface area contributed by atoms with Crippen LogP contribution in [0.3, 0.4) is 0 Å². The van der Waals surface area contributed by atoms with Gasteiger partial charge in [-0.2, -0.15) is 11.3 Å². The van der Waals surface area contributed by atoms with E-state index in [0.717, 1.165) is 24.5 Å². The maximum atomic E-state index is 5.69. The summed E-state index contributed by atoms with van der Waals surface area (Å²) in [5.41, 5.74) is 2.25. The summed E-state index contributed by atoms with van der Waals surface area (Å²) in [6.07, 6.45) is 2.72. The topological polar surface area (TPSA) is 58.5 Å². The molecule has 6 heteroatoms. The Balaban J connectivity index is 1.96. The lowest BCUT2D eigenvalue weighted by molar-refractivity contribution is 0.301. The second-order valence-corrected chi connectivity index (χ2v) is 5.78. The van der Waals surface area contributed by atoms with Crippen molar-refractivity contribution in [3.63, 3.8) is 0 Å². The van der Waals surface area contributed by atoms with Crippen LogP contribution >= 0.6 is 11.3 Å². The van der Waals surface area contributed by atoms with Crippen LogP contribution in [0, 0.1) is 0 Å². The van der Waals surface area contributed by atoms with Crippen molar-refractivity contribution in [1.82, 2.24) is 15.6 Å². The zero-order valence-corrected chi connectivity index (χ0v) is 14.5. The van der Waals surface area contributed by atoms with Gasteiger partial charge in [-0.3, -0.25) is 0 Å². The summed E-state index contributed by atoms with van der Waals surface area (Å²) in [5, 5.41) is 10.8. The molecule has 0 aliphatic heterocycles. The van der Waals surface area contributed by atoms with Gasteiger partial charge in [0.25, 0.3) is 0 Å². The summed E-state index contributed by atoms with van der Waals surface area (Å²) >= 11 is 1.69. The molecule has 0 saturated heterocycles. The summed E-state index contributed by atoms with van der Waals surface area (Å²) in [4.78, 5) is 8.91. The van der Waals surface area contributed by atoms with Gasteiger partial charge in [0, 0.05) is 24.8 Å². The Kier molecular flexibility index (Phi) is 7.39. The van der Waals surface area contributed by atoms with Crippen molar-refractivity contribution in [2.45, 2.75) is 33.4 Å². The minimum absolute atomic E-state index is 0.627. The number of ether oxygens (including phenoxy) is 1. The number of thiophene rings is 1. The summed E-state index contributed by atoms with van der Waals surface area (Å²) < 4.78 is 5.69. The summed E-state index contributed by atoms with van der Waals surface area (Å²) in [7, 11) is 0. The van der Waals surface area contributed by atoms with Gasteiger partial charge in [0.15, 0.2) is 5.96 Å².